The number of ether oxygens (including phenoxy) is 2. The molecule has 34 heavy (non-hydrogen) atoms. The molecule has 0 bridgehead atoms. The number of amides is 1. The van der Waals surface area contributed by atoms with Gasteiger partial charge in [-0.2, -0.15) is 0 Å². The van der Waals surface area contributed by atoms with Crippen molar-refractivity contribution in [2.45, 2.75) is 18.2 Å². The molecule has 0 atom stereocenters. The molecule has 4 rings (SSSR count). The van der Waals surface area contributed by atoms with Crippen LogP contribution in [0.5, 0.6) is 17.2 Å². The Balaban J connectivity index is 1.31. The number of hydrogen-bond donors (Lipinski definition) is 0. The van der Waals surface area contributed by atoms with Gasteiger partial charge in [-0.1, -0.05) is 23.8 Å². The summed E-state index contributed by atoms with van der Waals surface area (Å²) in [5, 5.41) is 0. The molecule has 1 aliphatic rings. The zero-order valence-corrected chi connectivity index (χ0v) is 20.6. The molecule has 3 aromatic carbocycles. The summed E-state index contributed by atoms with van der Waals surface area (Å²) in [6.45, 7) is 5.08. The first-order valence-electron chi connectivity index (χ1n) is 11.3. The van der Waals surface area contributed by atoms with Gasteiger partial charge in [0.2, 0.25) is 5.91 Å². The molecule has 0 aromatic heterocycles. The van der Waals surface area contributed by atoms with Crippen LogP contribution in [0, 0.1) is 6.92 Å². The van der Waals surface area contributed by atoms with Crippen LogP contribution in [-0.2, 0) is 11.2 Å². The van der Waals surface area contributed by atoms with Crippen LogP contribution in [0.1, 0.15) is 11.1 Å². The van der Waals surface area contributed by atoms with Gasteiger partial charge in [0.1, 0.15) is 5.75 Å². The first kappa shape index (κ1) is 23.8. The van der Waals surface area contributed by atoms with Crippen molar-refractivity contribution in [2.75, 3.05) is 45.3 Å². The Hall–Kier alpha value is -3.32. The molecule has 0 spiro atoms. The Morgan fingerprint density at radius 1 is 0.853 bits per heavy atom. The van der Waals surface area contributed by atoms with E-state index in [-0.39, 0.29) is 5.91 Å². The summed E-state index contributed by atoms with van der Waals surface area (Å²) in [5.41, 5.74) is 3.27. The van der Waals surface area contributed by atoms with Crippen molar-refractivity contribution in [1.29, 1.82) is 0 Å². The Labute approximate surface area is 205 Å². The molecule has 6 nitrogen and oxygen atoms in total. The van der Waals surface area contributed by atoms with Crippen molar-refractivity contribution in [3.8, 4) is 17.2 Å². The van der Waals surface area contributed by atoms with Crippen LogP contribution in [0.2, 0.25) is 0 Å². The lowest BCUT2D eigenvalue weighted by Gasteiger charge is -2.36. The largest absolute Gasteiger partial charge is 0.497 e. The second-order valence-corrected chi connectivity index (χ2v) is 9.01. The van der Waals surface area contributed by atoms with Crippen molar-refractivity contribution in [2.24, 2.45) is 0 Å². The Morgan fingerprint density at radius 2 is 1.56 bits per heavy atom. The van der Waals surface area contributed by atoms with E-state index < -0.39 is 0 Å². The summed E-state index contributed by atoms with van der Waals surface area (Å²) < 4.78 is 16.6. The number of anilines is 1. The van der Waals surface area contributed by atoms with E-state index in [0.29, 0.717) is 31.0 Å². The standard InChI is InChI=1S/C27H30N2O4S/c1-20-4-11-24(12-5-20)34-33-25-13-6-21(18-26(25)32-3)19-27(30)29-16-14-28(15-17-29)22-7-9-23(31-2)10-8-22/h4-13,18H,14-17,19H2,1-3H3. The van der Waals surface area contributed by atoms with E-state index in [4.69, 9.17) is 13.7 Å². The zero-order valence-electron chi connectivity index (χ0n) is 19.8. The Morgan fingerprint density at radius 3 is 2.21 bits per heavy atom. The fraction of sp³-hybridized carbons (Fsp3) is 0.296. The second-order valence-electron chi connectivity index (χ2n) is 8.21. The van der Waals surface area contributed by atoms with Crippen LogP contribution in [0.15, 0.2) is 71.6 Å². The highest BCUT2D eigenvalue weighted by Gasteiger charge is 2.22. The van der Waals surface area contributed by atoms with Gasteiger partial charge < -0.3 is 23.5 Å². The summed E-state index contributed by atoms with van der Waals surface area (Å²) in [4.78, 5) is 18.2. The normalized spacial score (nSPS) is 13.5. The molecule has 1 saturated heterocycles. The lowest BCUT2D eigenvalue weighted by atomic mass is 10.1. The monoisotopic (exact) mass is 478 g/mol. The van der Waals surface area contributed by atoms with Gasteiger partial charge in [0.25, 0.3) is 0 Å². The Kier molecular flexibility index (Phi) is 7.85. The first-order valence-corrected chi connectivity index (χ1v) is 12.0. The number of hydrogen-bond acceptors (Lipinski definition) is 6. The summed E-state index contributed by atoms with van der Waals surface area (Å²) in [7, 11) is 3.28. The van der Waals surface area contributed by atoms with Crippen LogP contribution in [0.3, 0.4) is 0 Å². The van der Waals surface area contributed by atoms with Crippen LogP contribution in [-0.4, -0.2) is 51.2 Å². The molecular formula is C27H30N2O4S. The summed E-state index contributed by atoms with van der Waals surface area (Å²) in [6, 6.07) is 21.9. The van der Waals surface area contributed by atoms with Crippen molar-refractivity contribution in [1.82, 2.24) is 4.90 Å². The van der Waals surface area contributed by atoms with E-state index in [2.05, 4.69) is 36.1 Å². The molecule has 178 valence electrons. The number of benzene rings is 3. The quantitative estimate of drug-likeness (QED) is 0.425. The van der Waals surface area contributed by atoms with Gasteiger partial charge in [-0.25, -0.2) is 0 Å². The average molecular weight is 479 g/mol. The van der Waals surface area contributed by atoms with E-state index in [9.17, 15) is 4.79 Å². The van der Waals surface area contributed by atoms with Gasteiger partial charge >= 0.3 is 0 Å². The summed E-state index contributed by atoms with van der Waals surface area (Å²) in [5.74, 6) is 2.23. The first-order chi connectivity index (χ1) is 16.6. The number of carbonyl (C=O) groups is 1. The molecule has 0 radical (unpaired) electrons. The number of nitrogens with zero attached hydrogens (tertiary/aromatic N) is 2. The molecule has 1 fully saturated rings. The smallest absolute Gasteiger partial charge is 0.227 e. The molecule has 1 aliphatic heterocycles. The van der Waals surface area contributed by atoms with Gasteiger partial charge in [0.15, 0.2) is 11.5 Å². The van der Waals surface area contributed by atoms with E-state index in [1.54, 1.807) is 14.2 Å². The van der Waals surface area contributed by atoms with Gasteiger partial charge in [-0.3, -0.25) is 4.79 Å². The molecule has 3 aromatic rings. The van der Waals surface area contributed by atoms with E-state index >= 15 is 0 Å². The summed E-state index contributed by atoms with van der Waals surface area (Å²) in [6.07, 6.45) is 0.338. The topological polar surface area (TPSA) is 51.2 Å². The number of piperazine rings is 1. The number of methoxy groups -OCH3 is 2. The van der Waals surface area contributed by atoms with Crippen LogP contribution in [0.4, 0.5) is 5.69 Å². The average Bonchev–Trinajstić information content (AvgIpc) is 2.89. The summed E-state index contributed by atoms with van der Waals surface area (Å²) >= 11 is 1.29. The number of rotatable bonds is 8. The highest BCUT2D eigenvalue weighted by Crippen LogP contribution is 2.33. The molecule has 0 aliphatic carbocycles. The highest BCUT2D eigenvalue weighted by molar-refractivity contribution is 7.95. The molecule has 1 amide bonds. The second kappa shape index (κ2) is 11.2. The van der Waals surface area contributed by atoms with Crippen LogP contribution in [0.25, 0.3) is 0 Å². The van der Waals surface area contributed by atoms with Crippen molar-refractivity contribution < 1.29 is 18.5 Å². The maximum absolute atomic E-state index is 12.9. The Bertz CT molecular complexity index is 1090. The van der Waals surface area contributed by atoms with Gasteiger partial charge in [0, 0.05) is 36.8 Å². The van der Waals surface area contributed by atoms with E-state index in [1.165, 1.54) is 17.6 Å². The molecule has 0 unspecified atom stereocenters. The maximum atomic E-state index is 12.9. The van der Waals surface area contributed by atoms with E-state index in [1.807, 2.05) is 47.4 Å². The van der Waals surface area contributed by atoms with Gasteiger partial charge in [-0.05, 0) is 61.0 Å². The van der Waals surface area contributed by atoms with Crippen LogP contribution >= 0.6 is 12.0 Å². The molecular weight excluding hydrogens is 448 g/mol. The third kappa shape index (κ3) is 5.97. The van der Waals surface area contributed by atoms with E-state index in [0.717, 1.165) is 35.0 Å². The lowest BCUT2D eigenvalue weighted by molar-refractivity contribution is -0.130. The van der Waals surface area contributed by atoms with Gasteiger partial charge in [0.05, 0.1) is 32.7 Å². The minimum Gasteiger partial charge on any atom is -0.497 e. The third-order valence-electron chi connectivity index (χ3n) is 5.90. The zero-order chi connectivity index (χ0) is 23.9. The molecule has 1 heterocycles. The lowest BCUT2D eigenvalue weighted by Crippen LogP contribution is -2.49. The fourth-order valence-corrected chi connectivity index (χ4v) is 4.44. The third-order valence-corrected chi connectivity index (χ3v) is 6.63. The predicted molar refractivity (Wildman–Crippen MR) is 136 cm³/mol. The highest BCUT2D eigenvalue weighted by atomic mass is 32.2. The number of aryl methyl sites for hydroxylation is 1. The minimum absolute atomic E-state index is 0.124. The molecule has 7 heteroatoms. The van der Waals surface area contributed by atoms with Crippen molar-refractivity contribution >= 4 is 23.6 Å². The van der Waals surface area contributed by atoms with Crippen molar-refractivity contribution in [3.63, 3.8) is 0 Å². The fourth-order valence-electron chi connectivity index (χ4n) is 3.87. The predicted octanol–water partition coefficient (Wildman–Crippen LogP) is 4.99. The minimum atomic E-state index is 0.124. The van der Waals surface area contributed by atoms with Crippen LogP contribution < -0.4 is 18.6 Å². The maximum Gasteiger partial charge on any atom is 0.227 e. The molecule has 0 N–H and O–H groups in total. The molecule has 0 saturated carbocycles. The van der Waals surface area contributed by atoms with Crippen molar-refractivity contribution in [3.05, 3.63) is 77.9 Å². The SMILES string of the molecule is COc1ccc(N2CCN(C(=O)Cc3ccc(OSc4ccc(C)cc4)c(OC)c3)CC2)cc1. The number of carbonyl (C=O) groups excluding carboxylic acids is 1. The van der Waals surface area contributed by atoms with Gasteiger partial charge in [-0.15, -0.1) is 0 Å².